The number of nitrogens with one attached hydrogen (secondary N) is 1. The van der Waals surface area contributed by atoms with Gasteiger partial charge in [-0.2, -0.15) is 0 Å². The van der Waals surface area contributed by atoms with Gasteiger partial charge in [0.05, 0.1) is 0 Å². The van der Waals surface area contributed by atoms with Crippen molar-refractivity contribution in [2.75, 3.05) is 19.2 Å². The van der Waals surface area contributed by atoms with E-state index in [0.29, 0.717) is 6.73 Å². The number of nitrogens with zero attached hydrogens (tertiary/aromatic N) is 1. The van der Waals surface area contributed by atoms with E-state index < -0.39 is 0 Å². The van der Waals surface area contributed by atoms with E-state index in [1.807, 2.05) is 45.1 Å². The van der Waals surface area contributed by atoms with Crippen LogP contribution in [-0.2, 0) is 4.74 Å². The van der Waals surface area contributed by atoms with Crippen molar-refractivity contribution < 1.29 is 4.74 Å². The summed E-state index contributed by atoms with van der Waals surface area (Å²) in [6.07, 6.45) is 5.74. The molecule has 1 rings (SSSR count). The summed E-state index contributed by atoms with van der Waals surface area (Å²) in [5.74, 6) is 0.849. The number of ether oxygens (including phenoxy) is 1. The predicted molar refractivity (Wildman–Crippen MR) is 65.8 cm³/mol. The molecule has 1 heterocycles. The third kappa shape index (κ3) is 5.18. The van der Waals surface area contributed by atoms with E-state index in [1.54, 1.807) is 13.3 Å². The maximum Gasteiger partial charge on any atom is 0.134 e. The summed E-state index contributed by atoms with van der Waals surface area (Å²) in [5, 5.41) is 3.06. The molecule has 3 nitrogen and oxygen atoms in total. The van der Waals surface area contributed by atoms with Crippen molar-refractivity contribution in [1.82, 2.24) is 4.98 Å². The molecular formula is C12H20N2O. The summed E-state index contributed by atoms with van der Waals surface area (Å²) >= 11 is 0. The Morgan fingerprint density at radius 1 is 1.47 bits per heavy atom. The molecule has 0 aliphatic heterocycles. The number of methoxy groups -OCH3 is 1. The third-order valence-corrected chi connectivity index (χ3v) is 1.57. The van der Waals surface area contributed by atoms with Crippen molar-refractivity contribution in [3.05, 3.63) is 30.0 Å². The lowest BCUT2D eigenvalue weighted by atomic mass is 10.2. The van der Waals surface area contributed by atoms with E-state index in [9.17, 15) is 0 Å². The number of pyridine rings is 1. The Morgan fingerprint density at radius 2 is 2.20 bits per heavy atom. The highest BCUT2D eigenvalue weighted by molar-refractivity contribution is 5.62. The van der Waals surface area contributed by atoms with E-state index in [-0.39, 0.29) is 0 Å². The monoisotopic (exact) mass is 208 g/mol. The second-order valence-corrected chi connectivity index (χ2v) is 2.55. The van der Waals surface area contributed by atoms with Crippen LogP contribution in [0.2, 0.25) is 0 Å². The average Bonchev–Trinajstić information content (AvgIpc) is 2.31. The summed E-state index contributed by atoms with van der Waals surface area (Å²) in [4.78, 5) is 4.19. The van der Waals surface area contributed by atoms with E-state index in [0.717, 1.165) is 11.4 Å². The minimum atomic E-state index is 0.474. The maximum atomic E-state index is 4.90. The highest BCUT2D eigenvalue weighted by atomic mass is 16.5. The number of hydrogen-bond acceptors (Lipinski definition) is 3. The summed E-state index contributed by atoms with van der Waals surface area (Å²) in [5.41, 5.74) is 1.07. The molecule has 0 aromatic carbocycles. The Balaban J connectivity index is 0.000000921. The SMILES string of the molecule is C/C=C/c1cccnc1NCOC.CC. The Hall–Kier alpha value is -1.35. The van der Waals surface area contributed by atoms with Crippen LogP contribution in [0.15, 0.2) is 24.4 Å². The van der Waals surface area contributed by atoms with E-state index in [1.165, 1.54) is 0 Å². The highest BCUT2D eigenvalue weighted by Gasteiger charge is 1.96. The molecule has 0 saturated carbocycles. The van der Waals surface area contributed by atoms with Gasteiger partial charge >= 0.3 is 0 Å². The molecule has 15 heavy (non-hydrogen) atoms. The number of hydrogen-bond donors (Lipinski definition) is 1. The first-order chi connectivity index (χ1) is 7.38. The zero-order valence-electron chi connectivity index (χ0n) is 9.95. The molecule has 0 bridgehead atoms. The first-order valence-electron chi connectivity index (χ1n) is 5.19. The molecule has 0 fully saturated rings. The van der Waals surface area contributed by atoms with Crippen molar-refractivity contribution in [3.63, 3.8) is 0 Å². The fourth-order valence-electron chi connectivity index (χ4n) is 1.02. The van der Waals surface area contributed by atoms with Gasteiger partial charge < -0.3 is 10.1 Å². The van der Waals surface area contributed by atoms with E-state index in [2.05, 4.69) is 10.3 Å². The molecule has 0 unspecified atom stereocenters. The number of aromatic nitrogens is 1. The fourth-order valence-corrected chi connectivity index (χ4v) is 1.02. The lowest BCUT2D eigenvalue weighted by Gasteiger charge is -2.06. The van der Waals surface area contributed by atoms with Gasteiger partial charge in [-0.3, -0.25) is 0 Å². The smallest absolute Gasteiger partial charge is 0.134 e. The summed E-state index contributed by atoms with van der Waals surface area (Å²) < 4.78 is 4.90. The van der Waals surface area contributed by atoms with Crippen LogP contribution in [0, 0.1) is 0 Å². The van der Waals surface area contributed by atoms with Crippen molar-refractivity contribution in [1.29, 1.82) is 0 Å². The van der Waals surface area contributed by atoms with Gasteiger partial charge in [0.1, 0.15) is 12.5 Å². The van der Waals surface area contributed by atoms with E-state index in [4.69, 9.17) is 4.74 Å². The Morgan fingerprint density at radius 3 is 2.80 bits per heavy atom. The predicted octanol–water partition coefficient (Wildman–Crippen LogP) is 3.16. The Kier molecular flexibility index (Phi) is 8.39. The van der Waals surface area contributed by atoms with Crippen molar-refractivity contribution in [2.24, 2.45) is 0 Å². The average molecular weight is 208 g/mol. The molecule has 0 amide bonds. The number of anilines is 1. The molecule has 0 spiro atoms. The second-order valence-electron chi connectivity index (χ2n) is 2.55. The zero-order chi connectivity index (χ0) is 11.5. The van der Waals surface area contributed by atoms with Gasteiger partial charge in [-0.05, 0) is 19.1 Å². The first kappa shape index (κ1) is 13.7. The highest BCUT2D eigenvalue weighted by Crippen LogP contribution is 2.12. The minimum absolute atomic E-state index is 0.474. The van der Waals surface area contributed by atoms with Crippen LogP contribution in [0.5, 0.6) is 0 Å². The molecule has 0 atom stereocenters. The normalized spacial score (nSPS) is 9.60. The molecule has 3 heteroatoms. The maximum absolute atomic E-state index is 4.90. The summed E-state index contributed by atoms with van der Waals surface area (Å²) in [6, 6.07) is 3.91. The molecule has 1 aromatic heterocycles. The topological polar surface area (TPSA) is 34.2 Å². The molecule has 0 radical (unpaired) electrons. The summed E-state index contributed by atoms with van der Waals surface area (Å²) in [7, 11) is 1.64. The van der Waals surface area contributed by atoms with Crippen molar-refractivity contribution >= 4 is 11.9 Å². The molecule has 0 saturated heterocycles. The van der Waals surface area contributed by atoms with Gasteiger partial charge in [0.15, 0.2) is 0 Å². The molecule has 1 N–H and O–H groups in total. The largest absolute Gasteiger partial charge is 0.365 e. The minimum Gasteiger partial charge on any atom is -0.365 e. The van der Waals surface area contributed by atoms with Crippen LogP contribution in [0.25, 0.3) is 6.08 Å². The first-order valence-corrected chi connectivity index (χ1v) is 5.19. The van der Waals surface area contributed by atoms with Crippen LogP contribution in [0.4, 0.5) is 5.82 Å². The van der Waals surface area contributed by atoms with Crippen LogP contribution in [-0.4, -0.2) is 18.8 Å². The van der Waals surface area contributed by atoms with Gasteiger partial charge in [0.25, 0.3) is 0 Å². The van der Waals surface area contributed by atoms with Crippen LogP contribution in [0.1, 0.15) is 26.3 Å². The van der Waals surface area contributed by atoms with E-state index >= 15 is 0 Å². The molecule has 84 valence electrons. The zero-order valence-corrected chi connectivity index (χ0v) is 9.95. The number of rotatable bonds is 4. The van der Waals surface area contributed by atoms with Crippen LogP contribution in [0.3, 0.4) is 0 Å². The Labute approximate surface area is 92.2 Å². The summed E-state index contributed by atoms with van der Waals surface area (Å²) in [6.45, 7) is 6.45. The van der Waals surface area contributed by atoms with Gasteiger partial charge in [-0.25, -0.2) is 4.98 Å². The lowest BCUT2D eigenvalue weighted by molar-refractivity contribution is 0.221. The van der Waals surface area contributed by atoms with Gasteiger partial charge in [0.2, 0.25) is 0 Å². The van der Waals surface area contributed by atoms with Crippen molar-refractivity contribution in [3.8, 4) is 0 Å². The standard InChI is InChI=1S/C10H14N2O.C2H6/c1-3-5-9-6-4-7-11-10(9)12-8-13-2;1-2/h3-7H,8H2,1-2H3,(H,11,12);1-2H3/b5-3+;. The fraction of sp³-hybridized carbons (Fsp3) is 0.417. The third-order valence-electron chi connectivity index (χ3n) is 1.57. The van der Waals surface area contributed by atoms with Gasteiger partial charge in [-0.1, -0.05) is 26.0 Å². The quantitative estimate of drug-likeness (QED) is 0.772. The Bertz CT molecular complexity index is 285. The molecule has 0 aliphatic carbocycles. The van der Waals surface area contributed by atoms with Crippen LogP contribution < -0.4 is 5.32 Å². The lowest BCUT2D eigenvalue weighted by Crippen LogP contribution is -2.05. The molecule has 1 aromatic rings. The molecule has 0 aliphatic rings. The molecular weight excluding hydrogens is 188 g/mol. The number of allylic oxidation sites excluding steroid dienone is 1. The van der Waals surface area contributed by atoms with Gasteiger partial charge in [0, 0.05) is 18.9 Å². The van der Waals surface area contributed by atoms with Gasteiger partial charge in [-0.15, -0.1) is 0 Å². The van der Waals surface area contributed by atoms with Crippen LogP contribution >= 0.6 is 0 Å². The second kappa shape index (κ2) is 9.21. The van der Waals surface area contributed by atoms with Crippen molar-refractivity contribution in [2.45, 2.75) is 20.8 Å².